The molecule has 0 saturated heterocycles. The first kappa shape index (κ1) is 18.0. The quantitative estimate of drug-likeness (QED) is 0.464. The Balaban J connectivity index is 1.55. The lowest BCUT2D eigenvalue weighted by Crippen LogP contribution is -2.06. The molecule has 0 N–H and O–H groups in total. The first-order chi connectivity index (χ1) is 13.5. The van der Waals surface area contributed by atoms with Gasteiger partial charge in [-0.25, -0.2) is 8.42 Å². The molecule has 0 aliphatic rings. The lowest BCUT2D eigenvalue weighted by atomic mass is 10.0. The molecule has 0 unspecified atom stereocenters. The van der Waals surface area contributed by atoms with E-state index in [0.29, 0.717) is 16.6 Å². The van der Waals surface area contributed by atoms with Crippen LogP contribution in [0.25, 0.3) is 10.9 Å². The topological polar surface area (TPSA) is 103 Å². The zero-order valence-corrected chi connectivity index (χ0v) is 15.5. The van der Waals surface area contributed by atoms with Gasteiger partial charge in [-0.05, 0) is 17.7 Å². The van der Waals surface area contributed by atoms with Gasteiger partial charge in [0.1, 0.15) is 0 Å². The number of nitrogens with zero attached hydrogens (tertiary/aromatic N) is 3. The van der Waals surface area contributed by atoms with Gasteiger partial charge >= 0.3 is 5.22 Å². The number of fused-ring (bicyclic) bond motifs is 1. The van der Waals surface area contributed by atoms with E-state index in [1.807, 2.05) is 12.1 Å². The maximum atomic E-state index is 12.7. The van der Waals surface area contributed by atoms with Crippen molar-refractivity contribution < 1.29 is 17.6 Å². The first-order valence-electron chi connectivity index (χ1n) is 8.49. The molecule has 2 aromatic heterocycles. The van der Waals surface area contributed by atoms with Crippen LogP contribution in [0.4, 0.5) is 0 Å². The predicted molar refractivity (Wildman–Crippen MR) is 101 cm³/mol. The lowest BCUT2D eigenvalue weighted by molar-refractivity contribution is 0.0985. The van der Waals surface area contributed by atoms with Crippen molar-refractivity contribution in [3.8, 4) is 0 Å². The standard InChI is InChI=1S/C20H15N3O4S/c24-17(16-10-4-8-15-9-5-11-21-19(15)16)12-18-22-23-20(27-18)28(25,26)13-14-6-2-1-3-7-14/h1-11H,12-13H2. The van der Waals surface area contributed by atoms with Crippen LogP contribution in [0.15, 0.2) is 76.5 Å². The summed E-state index contributed by atoms with van der Waals surface area (Å²) >= 11 is 0. The summed E-state index contributed by atoms with van der Waals surface area (Å²) in [6, 6.07) is 17.6. The van der Waals surface area contributed by atoms with E-state index >= 15 is 0 Å². The Morgan fingerprint density at radius 1 is 0.929 bits per heavy atom. The van der Waals surface area contributed by atoms with Crippen LogP contribution in [-0.4, -0.2) is 29.4 Å². The van der Waals surface area contributed by atoms with Crippen LogP contribution >= 0.6 is 0 Å². The van der Waals surface area contributed by atoms with E-state index in [-0.39, 0.29) is 23.8 Å². The minimum absolute atomic E-state index is 0.0513. The van der Waals surface area contributed by atoms with E-state index in [2.05, 4.69) is 15.2 Å². The highest BCUT2D eigenvalue weighted by Gasteiger charge is 2.24. The van der Waals surface area contributed by atoms with E-state index in [9.17, 15) is 13.2 Å². The van der Waals surface area contributed by atoms with Crippen molar-refractivity contribution in [2.75, 3.05) is 0 Å². The van der Waals surface area contributed by atoms with Crippen molar-refractivity contribution in [3.63, 3.8) is 0 Å². The Labute approximate surface area is 161 Å². The van der Waals surface area contributed by atoms with Crippen molar-refractivity contribution in [1.82, 2.24) is 15.2 Å². The first-order valence-corrected chi connectivity index (χ1v) is 10.1. The molecule has 8 heteroatoms. The molecule has 0 radical (unpaired) electrons. The predicted octanol–water partition coefficient (Wildman–Crippen LogP) is 3.02. The smallest absolute Gasteiger partial charge is 0.335 e. The molecule has 0 atom stereocenters. The highest BCUT2D eigenvalue weighted by molar-refractivity contribution is 7.90. The minimum atomic E-state index is -3.79. The molecule has 2 heterocycles. The average molecular weight is 393 g/mol. The van der Waals surface area contributed by atoms with E-state index in [4.69, 9.17) is 4.42 Å². The molecule has 2 aromatic carbocycles. The lowest BCUT2D eigenvalue weighted by Gasteiger charge is -2.03. The molecule has 0 fully saturated rings. The van der Waals surface area contributed by atoms with Crippen molar-refractivity contribution in [2.24, 2.45) is 0 Å². The summed E-state index contributed by atoms with van der Waals surface area (Å²) in [5.41, 5.74) is 1.61. The molecule has 0 bridgehead atoms. The van der Waals surface area contributed by atoms with Crippen LogP contribution in [0, 0.1) is 0 Å². The molecule has 28 heavy (non-hydrogen) atoms. The van der Waals surface area contributed by atoms with Crippen LogP contribution < -0.4 is 0 Å². The number of hydrogen-bond acceptors (Lipinski definition) is 7. The number of para-hydroxylation sites is 1. The Hall–Kier alpha value is -3.39. The van der Waals surface area contributed by atoms with Gasteiger partial charge in [0, 0.05) is 17.1 Å². The number of rotatable bonds is 6. The molecule has 0 spiro atoms. The van der Waals surface area contributed by atoms with Crippen molar-refractivity contribution >= 4 is 26.5 Å². The minimum Gasteiger partial charge on any atom is -0.412 e. The summed E-state index contributed by atoms with van der Waals surface area (Å²) < 4.78 is 30.2. The van der Waals surface area contributed by atoms with Gasteiger partial charge in [0.25, 0.3) is 0 Å². The number of aromatic nitrogens is 3. The molecule has 0 amide bonds. The fraction of sp³-hybridized carbons (Fsp3) is 0.100. The van der Waals surface area contributed by atoms with Gasteiger partial charge in [0.2, 0.25) is 15.7 Å². The molecule has 0 saturated carbocycles. The number of Topliss-reactive ketones (excluding diaryl/α,β-unsaturated/α-hetero) is 1. The molecule has 4 rings (SSSR count). The summed E-state index contributed by atoms with van der Waals surface area (Å²) in [4.78, 5) is 16.9. The molecular weight excluding hydrogens is 378 g/mol. The van der Waals surface area contributed by atoms with E-state index < -0.39 is 15.1 Å². The maximum absolute atomic E-state index is 12.7. The van der Waals surface area contributed by atoms with Crippen LogP contribution in [0.1, 0.15) is 21.8 Å². The number of carbonyl (C=O) groups is 1. The number of carbonyl (C=O) groups excluding carboxylic acids is 1. The zero-order chi connectivity index (χ0) is 19.6. The van der Waals surface area contributed by atoms with Gasteiger partial charge in [0.05, 0.1) is 17.7 Å². The van der Waals surface area contributed by atoms with E-state index in [1.54, 1.807) is 54.7 Å². The summed E-state index contributed by atoms with van der Waals surface area (Å²) in [6.45, 7) is 0. The summed E-state index contributed by atoms with van der Waals surface area (Å²) in [5.74, 6) is -0.582. The summed E-state index contributed by atoms with van der Waals surface area (Å²) in [7, 11) is -3.79. The second-order valence-corrected chi connectivity index (χ2v) is 8.05. The van der Waals surface area contributed by atoms with Crippen LogP contribution in [-0.2, 0) is 22.0 Å². The second-order valence-electron chi connectivity index (χ2n) is 6.19. The summed E-state index contributed by atoms with van der Waals surface area (Å²) in [5, 5.41) is 7.70. The van der Waals surface area contributed by atoms with E-state index in [1.165, 1.54) is 0 Å². The molecule has 0 aliphatic carbocycles. The number of sulfone groups is 1. The van der Waals surface area contributed by atoms with Gasteiger partial charge < -0.3 is 4.42 Å². The number of benzene rings is 2. The zero-order valence-electron chi connectivity index (χ0n) is 14.6. The largest absolute Gasteiger partial charge is 0.412 e. The van der Waals surface area contributed by atoms with Crippen LogP contribution in [0.3, 0.4) is 0 Å². The molecular formula is C20H15N3O4S. The third-order valence-electron chi connectivity index (χ3n) is 4.16. The van der Waals surface area contributed by atoms with Gasteiger partial charge in [-0.15, -0.1) is 5.10 Å². The van der Waals surface area contributed by atoms with Crippen molar-refractivity contribution in [2.45, 2.75) is 17.4 Å². The van der Waals surface area contributed by atoms with Crippen molar-refractivity contribution in [1.29, 1.82) is 0 Å². The number of ketones is 1. The fourth-order valence-corrected chi connectivity index (χ4v) is 4.00. The van der Waals surface area contributed by atoms with Crippen molar-refractivity contribution in [3.05, 3.63) is 83.9 Å². The van der Waals surface area contributed by atoms with Crippen LogP contribution in [0.5, 0.6) is 0 Å². The third kappa shape index (κ3) is 3.67. The Kier molecular flexibility index (Phi) is 4.70. The molecule has 0 aliphatic heterocycles. The maximum Gasteiger partial charge on any atom is 0.335 e. The number of hydrogen-bond donors (Lipinski definition) is 0. The van der Waals surface area contributed by atoms with E-state index in [0.717, 1.165) is 5.39 Å². The van der Waals surface area contributed by atoms with Gasteiger partial charge in [0.15, 0.2) is 5.78 Å². The highest BCUT2D eigenvalue weighted by atomic mass is 32.2. The highest BCUT2D eigenvalue weighted by Crippen LogP contribution is 2.19. The SMILES string of the molecule is O=C(Cc1nnc(S(=O)(=O)Cc2ccccc2)o1)c1cccc2cccnc12. The fourth-order valence-electron chi connectivity index (χ4n) is 2.85. The van der Waals surface area contributed by atoms with Crippen LogP contribution in [0.2, 0.25) is 0 Å². The Bertz CT molecular complexity index is 1250. The second kappa shape index (κ2) is 7.32. The van der Waals surface area contributed by atoms with Gasteiger partial charge in [-0.3, -0.25) is 9.78 Å². The number of pyridine rings is 1. The summed E-state index contributed by atoms with van der Waals surface area (Å²) in [6.07, 6.45) is 1.41. The monoisotopic (exact) mass is 393 g/mol. The Morgan fingerprint density at radius 3 is 2.54 bits per heavy atom. The molecule has 7 nitrogen and oxygen atoms in total. The average Bonchev–Trinajstić information content (AvgIpc) is 3.17. The normalized spacial score (nSPS) is 11.6. The third-order valence-corrected chi connectivity index (χ3v) is 5.57. The molecule has 4 aromatic rings. The Morgan fingerprint density at radius 2 is 1.71 bits per heavy atom. The molecule has 140 valence electrons. The van der Waals surface area contributed by atoms with Gasteiger partial charge in [-0.1, -0.05) is 53.6 Å². The van der Waals surface area contributed by atoms with Gasteiger partial charge in [-0.2, -0.15) is 0 Å².